The highest BCUT2D eigenvalue weighted by atomic mass is 16.5. The van der Waals surface area contributed by atoms with Gasteiger partial charge in [-0.25, -0.2) is 0 Å². The Morgan fingerprint density at radius 2 is 1.03 bits per heavy atom. The van der Waals surface area contributed by atoms with E-state index in [1.54, 1.807) is 16.8 Å². The van der Waals surface area contributed by atoms with Gasteiger partial charge in [0.05, 0.1) is 30.3 Å². The molecule has 74 heavy (non-hydrogen) atoms. The number of likely N-dealkylation sites (tertiary alicyclic amines) is 2. The summed E-state index contributed by atoms with van der Waals surface area (Å²) < 4.78 is 12.7. The van der Waals surface area contributed by atoms with Crippen molar-refractivity contribution < 1.29 is 38.2 Å². The molecule has 0 spiro atoms. The summed E-state index contributed by atoms with van der Waals surface area (Å²) in [5, 5.41) is 9.61. The molecule has 13 heteroatoms. The molecule has 6 aliphatic rings. The van der Waals surface area contributed by atoms with Crippen LogP contribution in [0.2, 0.25) is 0 Å². The van der Waals surface area contributed by atoms with Gasteiger partial charge in [-0.1, -0.05) is 113 Å². The largest absolute Gasteiger partial charge is 0.363 e. The van der Waals surface area contributed by atoms with Crippen LogP contribution >= 0.6 is 0 Å². The number of ketones is 2. The molecule has 0 bridgehead atoms. The van der Waals surface area contributed by atoms with Crippen molar-refractivity contribution in [1.82, 2.24) is 25.8 Å². The van der Waals surface area contributed by atoms with Gasteiger partial charge in [-0.3, -0.25) is 28.8 Å². The van der Waals surface area contributed by atoms with Gasteiger partial charge in [-0.15, -0.1) is 0 Å². The minimum Gasteiger partial charge on any atom is -0.363 e. The van der Waals surface area contributed by atoms with Crippen LogP contribution in [-0.2, 0) is 51.1 Å². The average Bonchev–Trinajstić information content (AvgIpc) is 4.26. The Kier molecular flexibility index (Phi) is 19.6. The van der Waals surface area contributed by atoms with Gasteiger partial charge in [0.25, 0.3) is 0 Å². The molecule has 13 nitrogen and oxygen atoms in total. The number of carbonyl (C=O) groups excluding carboxylic acids is 6. The molecule has 2 aromatic carbocycles. The quantitative estimate of drug-likeness (QED) is 0.114. The molecule has 10 atom stereocenters. The van der Waals surface area contributed by atoms with E-state index in [0.29, 0.717) is 38.8 Å². The van der Waals surface area contributed by atoms with Crippen molar-refractivity contribution in [2.75, 3.05) is 33.4 Å². The number of benzene rings is 2. The number of likely N-dealkylation sites (N-methyl/N-ethyl adjacent to an activating group) is 1. The molecule has 0 aromatic heterocycles. The number of fused-ring (bicyclic) bond motifs is 2. The second-order valence-electron chi connectivity index (χ2n) is 22.1. The van der Waals surface area contributed by atoms with Gasteiger partial charge in [-0.2, -0.15) is 0 Å². The van der Waals surface area contributed by atoms with E-state index < -0.39 is 30.1 Å². The van der Waals surface area contributed by atoms with E-state index in [1.165, 1.54) is 0 Å². The zero-order valence-corrected chi connectivity index (χ0v) is 44.5. The van der Waals surface area contributed by atoms with Crippen molar-refractivity contribution in [1.29, 1.82) is 0 Å². The predicted molar refractivity (Wildman–Crippen MR) is 284 cm³/mol. The Morgan fingerprint density at radius 3 is 1.46 bits per heavy atom. The van der Waals surface area contributed by atoms with E-state index in [9.17, 15) is 28.8 Å². The zero-order valence-electron chi connectivity index (χ0n) is 44.5. The number of nitrogens with one attached hydrogen (secondary N) is 3. The molecule has 2 heterocycles. The molecule has 4 aliphatic carbocycles. The molecule has 2 saturated heterocycles. The first-order valence-corrected chi connectivity index (χ1v) is 28.3. The summed E-state index contributed by atoms with van der Waals surface area (Å²) in [6, 6.07) is 13.6. The molecule has 2 saturated carbocycles. The van der Waals surface area contributed by atoms with Crippen LogP contribution in [0.5, 0.6) is 0 Å². The summed E-state index contributed by atoms with van der Waals surface area (Å²) >= 11 is 0. The van der Waals surface area contributed by atoms with Gasteiger partial charge < -0.3 is 35.2 Å². The van der Waals surface area contributed by atoms with E-state index in [1.807, 2.05) is 57.2 Å². The fraction of sp³-hybridized carbons (Fsp3) is 0.639. The lowest BCUT2D eigenvalue weighted by Gasteiger charge is -2.35. The first-order chi connectivity index (χ1) is 36.0. The summed E-state index contributed by atoms with van der Waals surface area (Å²) in [6.07, 6.45) is 14.6. The fourth-order valence-corrected chi connectivity index (χ4v) is 12.9. The molecule has 0 unspecified atom stereocenters. The summed E-state index contributed by atoms with van der Waals surface area (Å²) in [4.78, 5) is 87.3. The van der Waals surface area contributed by atoms with Crippen LogP contribution in [0, 0.1) is 53.3 Å². The number of hydrogen-bond donors (Lipinski definition) is 3. The SMILES string of the molecule is CC[C@@H](C)C(=O)C[C@H](C(=O)N1CCC[C@H]1C(=O)N[C@H]1c2ccccc2C[C@H]1OCC#CC#CCO[C@@H]1Cc2ccccc2[C@@H]1NC(=O)[C@@H]1CCCN1C(=O)[C@@H](CC(=O)[C@H](C)NC)C1CCCCC1)C1CCCCC1. The number of ether oxygens (including phenoxy) is 2. The maximum absolute atomic E-state index is 14.4. The number of hydrogen-bond acceptors (Lipinski definition) is 9. The number of carbonyl (C=O) groups is 6. The Bertz CT molecular complexity index is 2270. The molecule has 2 aromatic rings. The standard InChI is InChI=1S/C61H81N5O8/c1-5-40(2)52(67)38-48(42-22-10-8-11-23-42)60(71)65-32-20-30-50(65)58(69)63-56-46-28-16-14-26-44(46)36-54(56)73-34-18-6-7-19-35-74-55-37-45-27-15-17-29-47(45)57(55)64-59(70)51-31-21-33-66(51)61(72)49(39-53(68)41(3)62-4)43-24-12-9-13-25-43/h14-17,26-29,40-43,48-51,54-57,62H,5,8-13,20-25,30-39H2,1-4H3,(H,63,69)(H,64,70)/t40-,41+,48+,49+,50+,51+,54-,55-,56+,57+/m1/s1. The highest BCUT2D eigenvalue weighted by Gasteiger charge is 2.45. The molecule has 3 N–H and O–H groups in total. The van der Waals surface area contributed by atoms with E-state index in [2.05, 4.69) is 51.8 Å². The van der Waals surface area contributed by atoms with Crippen molar-refractivity contribution in [3.63, 3.8) is 0 Å². The number of amides is 4. The molecule has 8 rings (SSSR count). The van der Waals surface area contributed by atoms with Crippen LogP contribution in [0.1, 0.15) is 164 Å². The van der Waals surface area contributed by atoms with Gasteiger partial charge in [0, 0.05) is 56.5 Å². The molecule has 2 aliphatic heterocycles. The first kappa shape index (κ1) is 54.9. The van der Waals surface area contributed by atoms with Crippen molar-refractivity contribution >= 4 is 35.2 Å². The summed E-state index contributed by atoms with van der Waals surface area (Å²) in [7, 11) is 1.76. The predicted octanol–water partition coefficient (Wildman–Crippen LogP) is 7.54. The molecule has 4 amide bonds. The second kappa shape index (κ2) is 26.4. The maximum Gasteiger partial charge on any atom is 0.243 e. The summed E-state index contributed by atoms with van der Waals surface area (Å²) in [6.45, 7) is 7.00. The third-order valence-corrected chi connectivity index (χ3v) is 17.6. The molecular formula is C61H81N5O8. The second-order valence-corrected chi connectivity index (χ2v) is 22.1. The van der Waals surface area contributed by atoms with Gasteiger partial charge in [0.15, 0.2) is 0 Å². The van der Waals surface area contributed by atoms with Gasteiger partial charge >= 0.3 is 0 Å². The van der Waals surface area contributed by atoms with Crippen LogP contribution in [0.4, 0.5) is 0 Å². The molecule has 398 valence electrons. The van der Waals surface area contributed by atoms with Gasteiger partial charge in [-0.05, 0) is 118 Å². The molecule has 0 radical (unpaired) electrons. The van der Waals surface area contributed by atoms with Crippen LogP contribution in [0.15, 0.2) is 48.5 Å². The lowest BCUT2D eigenvalue weighted by atomic mass is 9.76. The number of nitrogens with zero attached hydrogens (tertiary/aromatic N) is 2. The van der Waals surface area contributed by atoms with Crippen molar-refractivity contribution in [3.05, 3.63) is 70.8 Å². The third kappa shape index (κ3) is 13.2. The minimum atomic E-state index is -0.615. The zero-order chi connectivity index (χ0) is 52.1. The Labute approximate surface area is 440 Å². The van der Waals surface area contributed by atoms with Crippen molar-refractivity contribution in [2.24, 2.45) is 29.6 Å². The highest BCUT2D eigenvalue weighted by molar-refractivity contribution is 5.94. The Balaban J connectivity index is 0.858. The Hall–Kier alpha value is -5.34. The van der Waals surface area contributed by atoms with E-state index in [0.717, 1.165) is 106 Å². The van der Waals surface area contributed by atoms with Gasteiger partial charge in [0.2, 0.25) is 23.6 Å². The highest BCUT2D eigenvalue weighted by Crippen LogP contribution is 2.39. The van der Waals surface area contributed by atoms with Crippen LogP contribution in [0.25, 0.3) is 0 Å². The maximum atomic E-state index is 14.4. The van der Waals surface area contributed by atoms with E-state index >= 15 is 0 Å². The van der Waals surface area contributed by atoms with Crippen molar-refractivity contribution in [3.8, 4) is 23.7 Å². The van der Waals surface area contributed by atoms with Crippen LogP contribution in [0.3, 0.4) is 0 Å². The fourth-order valence-electron chi connectivity index (χ4n) is 12.9. The molecular weight excluding hydrogens is 931 g/mol. The smallest absolute Gasteiger partial charge is 0.243 e. The molecule has 4 fully saturated rings. The number of rotatable bonds is 20. The monoisotopic (exact) mass is 1010 g/mol. The van der Waals surface area contributed by atoms with Crippen LogP contribution in [-0.4, -0.2) is 109 Å². The lowest BCUT2D eigenvalue weighted by molar-refractivity contribution is -0.145. The van der Waals surface area contributed by atoms with E-state index in [4.69, 9.17) is 9.47 Å². The van der Waals surface area contributed by atoms with Gasteiger partial charge in [0.1, 0.15) is 36.9 Å². The summed E-state index contributed by atoms with van der Waals surface area (Å²) in [5.74, 6) is 10.9. The van der Waals surface area contributed by atoms with Crippen LogP contribution < -0.4 is 16.0 Å². The average molecular weight is 1010 g/mol. The van der Waals surface area contributed by atoms with E-state index in [-0.39, 0.29) is 103 Å². The lowest BCUT2D eigenvalue weighted by Crippen LogP contribution is -2.51. The Morgan fingerprint density at radius 1 is 0.595 bits per heavy atom. The van der Waals surface area contributed by atoms with Crippen molar-refractivity contribution in [2.45, 2.75) is 185 Å². The normalized spacial score (nSPS) is 25.3. The minimum absolute atomic E-state index is 0.0299. The first-order valence-electron chi connectivity index (χ1n) is 28.3. The number of Topliss-reactive ketones (excluding diaryl/α,β-unsaturated/α-hetero) is 2. The summed E-state index contributed by atoms with van der Waals surface area (Å²) in [5.41, 5.74) is 4.17. The third-order valence-electron chi connectivity index (χ3n) is 17.6. The topological polar surface area (TPSA) is 163 Å².